The predicted octanol–water partition coefficient (Wildman–Crippen LogP) is 2.63. The van der Waals surface area contributed by atoms with Crippen molar-refractivity contribution in [1.29, 1.82) is 0 Å². The van der Waals surface area contributed by atoms with Gasteiger partial charge < -0.3 is 10.4 Å². The number of para-hydroxylation sites is 1. The molecule has 0 saturated heterocycles. The van der Waals surface area contributed by atoms with Crippen LogP contribution in [0, 0.1) is 5.41 Å². The summed E-state index contributed by atoms with van der Waals surface area (Å²) in [5.41, 5.74) is 1.03. The number of aromatic hydroxyl groups is 1. The molecule has 2 N–H and O–H groups in total. The second-order valence-electron chi connectivity index (χ2n) is 5.29. The van der Waals surface area contributed by atoms with Gasteiger partial charge in [-0.25, -0.2) is 0 Å². The molecule has 0 unspecified atom stereocenters. The molecule has 1 aliphatic carbocycles. The third-order valence-electron chi connectivity index (χ3n) is 4.17. The first-order valence-corrected chi connectivity index (χ1v) is 6.69. The van der Waals surface area contributed by atoms with E-state index in [0.717, 1.165) is 13.0 Å². The molecule has 3 heteroatoms. The zero-order valence-electron chi connectivity index (χ0n) is 10.9. The van der Waals surface area contributed by atoms with Gasteiger partial charge in [0, 0.05) is 12.1 Å². The maximum Gasteiger partial charge on any atom is 0.224 e. The average molecular weight is 247 g/mol. The van der Waals surface area contributed by atoms with Crippen molar-refractivity contribution < 1.29 is 9.90 Å². The van der Waals surface area contributed by atoms with E-state index >= 15 is 0 Å². The molecule has 1 aliphatic rings. The quantitative estimate of drug-likeness (QED) is 0.840. The second-order valence-corrected chi connectivity index (χ2v) is 5.29. The number of phenols is 1. The Kier molecular flexibility index (Phi) is 3.90. The van der Waals surface area contributed by atoms with Crippen molar-refractivity contribution in [3.63, 3.8) is 0 Å². The number of phenolic OH excluding ortho intramolecular Hbond substituents is 1. The molecule has 0 bridgehead atoms. The smallest absolute Gasteiger partial charge is 0.224 e. The second kappa shape index (κ2) is 5.42. The largest absolute Gasteiger partial charge is 0.508 e. The van der Waals surface area contributed by atoms with Crippen LogP contribution >= 0.6 is 0 Å². The zero-order valence-corrected chi connectivity index (χ0v) is 10.9. The summed E-state index contributed by atoms with van der Waals surface area (Å²) < 4.78 is 0. The van der Waals surface area contributed by atoms with E-state index in [1.54, 1.807) is 18.2 Å². The van der Waals surface area contributed by atoms with Crippen LogP contribution in [-0.4, -0.2) is 17.6 Å². The Labute approximate surface area is 108 Å². The zero-order chi connectivity index (χ0) is 13.0. The summed E-state index contributed by atoms with van der Waals surface area (Å²) in [4.78, 5) is 11.8. The molecule has 0 atom stereocenters. The van der Waals surface area contributed by atoms with Crippen LogP contribution in [0.1, 0.15) is 38.2 Å². The van der Waals surface area contributed by atoms with Crippen LogP contribution in [0.15, 0.2) is 24.3 Å². The summed E-state index contributed by atoms with van der Waals surface area (Å²) >= 11 is 0. The Morgan fingerprint density at radius 3 is 2.67 bits per heavy atom. The maximum absolute atomic E-state index is 11.8. The Bertz CT molecular complexity index is 419. The minimum atomic E-state index is -0.00350. The summed E-state index contributed by atoms with van der Waals surface area (Å²) in [6.07, 6.45) is 5.11. The lowest BCUT2D eigenvalue weighted by Crippen LogP contribution is -2.42. The van der Waals surface area contributed by atoms with Crippen molar-refractivity contribution in [2.45, 2.75) is 39.0 Å². The summed E-state index contributed by atoms with van der Waals surface area (Å²) in [5.74, 6) is 0.192. The van der Waals surface area contributed by atoms with Gasteiger partial charge in [-0.1, -0.05) is 31.5 Å². The van der Waals surface area contributed by atoms with Gasteiger partial charge in [0.15, 0.2) is 0 Å². The van der Waals surface area contributed by atoms with Crippen molar-refractivity contribution in [3.8, 4) is 5.75 Å². The van der Waals surface area contributed by atoms with Gasteiger partial charge in [-0.15, -0.1) is 0 Å². The fraction of sp³-hybridized carbons (Fsp3) is 0.533. The highest BCUT2D eigenvalue weighted by molar-refractivity contribution is 5.79. The molecular formula is C15H21NO2. The first kappa shape index (κ1) is 12.9. The Hall–Kier alpha value is -1.51. The summed E-state index contributed by atoms with van der Waals surface area (Å²) in [7, 11) is 0. The maximum atomic E-state index is 11.8. The van der Waals surface area contributed by atoms with Crippen LogP contribution in [0.5, 0.6) is 5.75 Å². The summed E-state index contributed by atoms with van der Waals surface area (Å²) in [6.45, 7) is 2.96. The number of carbonyl (C=O) groups is 1. The number of benzene rings is 1. The third-order valence-corrected chi connectivity index (χ3v) is 4.17. The molecule has 1 amide bonds. The van der Waals surface area contributed by atoms with E-state index in [2.05, 4.69) is 12.2 Å². The highest BCUT2D eigenvalue weighted by Gasteiger charge is 2.35. The van der Waals surface area contributed by atoms with E-state index < -0.39 is 0 Å². The van der Waals surface area contributed by atoms with Gasteiger partial charge in [0.25, 0.3) is 0 Å². The monoisotopic (exact) mass is 247 g/mol. The van der Waals surface area contributed by atoms with Crippen LogP contribution in [0.2, 0.25) is 0 Å². The Morgan fingerprint density at radius 2 is 2.11 bits per heavy atom. The minimum absolute atomic E-state index is 0.00350. The average Bonchev–Trinajstić information content (AvgIpc) is 2.31. The molecule has 0 aliphatic heterocycles. The molecule has 1 aromatic rings. The fourth-order valence-electron chi connectivity index (χ4n) is 2.51. The van der Waals surface area contributed by atoms with Crippen molar-refractivity contribution in [2.75, 3.05) is 6.54 Å². The predicted molar refractivity (Wildman–Crippen MR) is 71.4 cm³/mol. The first-order valence-electron chi connectivity index (χ1n) is 6.69. The lowest BCUT2D eigenvalue weighted by atomic mass is 9.67. The van der Waals surface area contributed by atoms with Gasteiger partial charge in [-0.05, 0) is 30.7 Å². The van der Waals surface area contributed by atoms with E-state index in [9.17, 15) is 9.90 Å². The number of amides is 1. The SMILES string of the molecule is CCC1(CNC(=O)Cc2ccccc2O)CCC1. The van der Waals surface area contributed by atoms with Crippen molar-refractivity contribution in [3.05, 3.63) is 29.8 Å². The Morgan fingerprint density at radius 1 is 1.39 bits per heavy atom. The van der Waals surface area contributed by atoms with E-state index in [0.29, 0.717) is 11.0 Å². The molecule has 3 nitrogen and oxygen atoms in total. The van der Waals surface area contributed by atoms with Crippen LogP contribution in [-0.2, 0) is 11.2 Å². The number of nitrogens with one attached hydrogen (secondary N) is 1. The molecule has 0 radical (unpaired) electrons. The number of carbonyl (C=O) groups excluding carboxylic acids is 1. The van der Waals surface area contributed by atoms with Crippen LogP contribution in [0.3, 0.4) is 0 Å². The van der Waals surface area contributed by atoms with E-state index in [1.807, 2.05) is 6.07 Å². The molecule has 1 aromatic carbocycles. The number of rotatable bonds is 5. The number of hydrogen-bond donors (Lipinski definition) is 2. The molecule has 98 valence electrons. The van der Waals surface area contributed by atoms with Crippen LogP contribution in [0.4, 0.5) is 0 Å². The molecule has 1 saturated carbocycles. The van der Waals surface area contributed by atoms with Gasteiger partial charge in [0.05, 0.1) is 6.42 Å². The topological polar surface area (TPSA) is 49.3 Å². The van der Waals surface area contributed by atoms with Crippen molar-refractivity contribution in [1.82, 2.24) is 5.32 Å². The van der Waals surface area contributed by atoms with Crippen molar-refractivity contribution in [2.24, 2.45) is 5.41 Å². The third kappa shape index (κ3) is 2.84. The number of hydrogen-bond acceptors (Lipinski definition) is 2. The molecule has 0 aromatic heterocycles. The van der Waals surface area contributed by atoms with E-state index in [1.165, 1.54) is 19.3 Å². The van der Waals surface area contributed by atoms with Crippen molar-refractivity contribution >= 4 is 5.91 Å². The molecule has 0 heterocycles. The molecule has 18 heavy (non-hydrogen) atoms. The van der Waals surface area contributed by atoms with Gasteiger partial charge >= 0.3 is 0 Å². The van der Waals surface area contributed by atoms with Gasteiger partial charge in [-0.3, -0.25) is 4.79 Å². The lowest BCUT2D eigenvalue weighted by molar-refractivity contribution is -0.121. The highest BCUT2D eigenvalue weighted by atomic mass is 16.3. The Balaban J connectivity index is 1.84. The van der Waals surface area contributed by atoms with Gasteiger partial charge in [0.1, 0.15) is 5.75 Å². The molecule has 2 rings (SSSR count). The van der Waals surface area contributed by atoms with Crippen LogP contribution in [0.25, 0.3) is 0 Å². The fourth-order valence-corrected chi connectivity index (χ4v) is 2.51. The lowest BCUT2D eigenvalue weighted by Gasteiger charge is -2.41. The first-order chi connectivity index (χ1) is 8.65. The standard InChI is InChI=1S/C15H21NO2/c1-2-15(8-5-9-15)11-16-14(18)10-12-6-3-4-7-13(12)17/h3-4,6-7,17H,2,5,8-11H2,1H3,(H,16,18). The molecule has 0 spiro atoms. The van der Waals surface area contributed by atoms with E-state index in [-0.39, 0.29) is 18.1 Å². The summed E-state index contributed by atoms with van der Waals surface area (Å²) in [6, 6.07) is 6.99. The summed E-state index contributed by atoms with van der Waals surface area (Å²) in [5, 5.41) is 12.6. The van der Waals surface area contributed by atoms with E-state index in [4.69, 9.17) is 0 Å². The molecular weight excluding hydrogens is 226 g/mol. The normalized spacial score (nSPS) is 16.9. The highest BCUT2D eigenvalue weighted by Crippen LogP contribution is 2.43. The minimum Gasteiger partial charge on any atom is -0.508 e. The van der Waals surface area contributed by atoms with Gasteiger partial charge in [-0.2, -0.15) is 0 Å². The molecule has 1 fully saturated rings. The van der Waals surface area contributed by atoms with Gasteiger partial charge in [0.2, 0.25) is 5.91 Å². The van der Waals surface area contributed by atoms with Crippen LogP contribution < -0.4 is 5.32 Å².